The zero-order valence-electron chi connectivity index (χ0n) is 13.4. The molecule has 0 radical (unpaired) electrons. The van der Waals surface area contributed by atoms with Crippen LogP contribution in [0, 0.1) is 5.82 Å². The van der Waals surface area contributed by atoms with Crippen molar-refractivity contribution in [2.24, 2.45) is 0 Å². The van der Waals surface area contributed by atoms with E-state index in [0.29, 0.717) is 11.1 Å². The van der Waals surface area contributed by atoms with E-state index >= 15 is 0 Å². The lowest BCUT2D eigenvalue weighted by Crippen LogP contribution is -2.43. The fourth-order valence-electron chi connectivity index (χ4n) is 2.34. The summed E-state index contributed by atoms with van der Waals surface area (Å²) in [5, 5.41) is 11.5. The van der Waals surface area contributed by atoms with Crippen LogP contribution in [0.4, 0.5) is 17.6 Å². The fraction of sp³-hybridized carbons (Fsp3) is 0.222. The quantitative estimate of drug-likeness (QED) is 0.769. The van der Waals surface area contributed by atoms with E-state index in [0.717, 1.165) is 30.3 Å². The van der Waals surface area contributed by atoms with Gasteiger partial charge in [0.25, 0.3) is 0 Å². The van der Waals surface area contributed by atoms with Gasteiger partial charge in [-0.1, -0.05) is 24.3 Å². The monoisotopic (exact) mass is 369 g/mol. The number of halogens is 4. The van der Waals surface area contributed by atoms with Crippen LogP contribution >= 0.6 is 0 Å². The molecule has 1 amide bonds. The van der Waals surface area contributed by atoms with Gasteiger partial charge in [0.2, 0.25) is 5.91 Å². The predicted molar refractivity (Wildman–Crippen MR) is 84.8 cm³/mol. The Bertz CT molecular complexity index is 788. The van der Waals surface area contributed by atoms with Crippen molar-refractivity contribution in [1.29, 1.82) is 0 Å². The molecule has 2 aromatic carbocycles. The van der Waals surface area contributed by atoms with Gasteiger partial charge in [-0.25, -0.2) is 9.18 Å². The topological polar surface area (TPSA) is 66.4 Å². The Morgan fingerprint density at radius 2 is 1.69 bits per heavy atom. The van der Waals surface area contributed by atoms with Gasteiger partial charge in [0.05, 0.1) is 12.0 Å². The summed E-state index contributed by atoms with van der Waals surface area (Å²) >= 11 is 0. The molecule has 2 rings (SSSR count). The zero-order valence-corrected chi connectivity index (χ0v) is 13.4. The van der Waals surface area contributed by atoms with Gasteiger partial charge >= 0.3 is 12.1 Å². The lowest BCUT2D eigenvalue weighted by atomic mass is 10.0. The third-order valence-corrected chi connectivity index (χ3v) is 3.61. The highest BCUT2D eigenvalue weighted by atomic mass is 19.4. The number of amides is 1. The van der Waals surface area contributed by atoms with Crippen LogP contribution in [0.1, 0.15) is 16.7 Å². The lowest BCUT2D eigenvalue weighted by molar-refractivity contribution is -0.141. The highest BCUT2D eigenvalue weighted by Gasteiger charge is 2.30. The molecule has 138 valence electrons. The standard InChI is InChI=1S/C18H15F4NO3/c19-14-3-1-2-12(8-14)10-16(24)23-15(17(25)26)9-11-4-6-13(7-5-11)18(20,21)22/h1-8,15H,9-10H2,(H,23,24)(H,25,26)/t15-/m0/s1. The van der Waals surface area contributed by atoms with Gasteiger partial charge in [0.1, 0.15) is 11.9 Å². The summed E-state index contributed by atoms with van der Waals surface area (Å²) in [7, 11) is 0. The molecule has 2 N–H and O–H groups in total. The van der Waals surface area contributed by atoms with Crippen molar-refractivity contribution in [3.8, 4) is 0 Å². The largest absolute Gasteiger partial charge is 0.480 e. The van der Waals surface area contributed by atoms with E-state index in [4.69, 9.17) is 0 Å². The molecule has 0 aromatic heterocycles. The average molecular weight is 369 g/mol. The smallest absolute Gasteiger partial charge is 0.416 e. The Morgan fingerprint density at radius 1 is 1.04 bits per heavy atom. The molecule has 0 heterocycles. The molecule has 0 saturated carbocycles. The Hall–Kier alpha value is -2.90. The van der Waals surface area contributed by atoms with Crippen molar-refractivity contribution in [2.45, 2.75) is 25.1 Å². The summed E-state index contributed by atoms with van der Waals surface area (Å²) in [6.07, 6.45) is -4.87. The second-order valence-electron chi connectivity index (χ2n) is 5.66. The molecule has 0 spiro atoms. The number of hydrogen-bond acceptors (Lipinski definition) is 2. The van der Waals surface area contributed by atoms with Crippen LogP contribution in [-0.4, -0.2) is 23.0 Å². The first-order valence-electron chi connectivity index (χ1n) is 7.58. The SMILES string of the molecule is O=C(Cc1cccc(F)c1)N[C@@H](Cc1ccc(C(F)(F)F)cc1)C(=O)O. The molecule has 8 heteroatoms. The van der Waals surface area contributed by atoms with Crippen molar-refractivity contribution in [1.82, 2.24) is 5.32 Å². The van der Waals surface area contributed by atoms with Crippen LogP contribution in [0.15, 0.2) is 48.5 Å². The normalized spacial score (nSPS) is 12.5. The molecular weight excluding hydrogens is 354 g/mol. The lowest BCUT2D eigenvalue weighted by Gasteiger charge is -2.15. The summed E-state index contributed by atoms with van der Waals surface area (Å²) < 4.78 is 50.7. The molecule has 2 aromatic rings. The minimum atomic E-state index is -4.48. The van der Waals surface area contributed by atoms with E-state index in [-0.39, 0.29) is 12.8 Å². The van der Waals surface area contributed by atoms with Gasteiger partial charge in [-0.05, 0) is 35.4 Å². The summed E-state index contributed by atoms with van der Waals surface area (Å²) in [5.41, 5.74) is -0.138. The number of aliphatic carboxylic acids is 1. The highest BCUT2D eigenvalue weighted by Crippen LogP contribution is 2.29. The fourth-order valence-corrected chi connectivity index (χ4v) is 2.34. The Labute approximate surface area is 146 Å². The number of carboxylic acids is 1. The van der Waals surface area contributed by atoms with Crippen molar-refractivity contribution in [2.75, 3.05) is 0 Å². The van der Waals surface area contributed by atoms with E-state index in [1.165, 1.54) is 18.2 Å². The summed E-state index contributed by atoms with van der Waals surface area (Å²) in [5.74, 6) is -2.47. The van der Waals surface area contributed by atoms with E-state index in [1.807, 2.05) is 0 Å². The molecule has 4 nitrogen and oxygen atoms in total. The Morgan fingerprint density at radius 3 is 2.23 bits per heavy atom. The molecular formula is C18H15F4NO3. The van der Waals surface area contributed by atoms with Crippen LogP contribution in [0.2, 0.25) is 0 Å². The number of benzene rings is 2. The van der Waals surface area contributed by atoms with Crippen LogP contribution < -0.4 is 5.32 Å². The minimum Gasteiger partial charge on any atom is -0.480 e. The zero-order chi connectivity index (χ0) is 19.3. The number of carbonyl (C=O) groups is 2. The highest BCUT2D eigenvalue weighted by molar-refractivity contribution is 5.85. The number of hydrogen-bond donors (Lipinski definition) is 2. The van der Waals surface area contributed by atoms with E-state index in [1.54, 1.807) is 0 Å². The number of rotatable bonds is 6. The second kappa shape index (κ2) is 7.99. The van der Waals surface area contributed by atoms with Crippen LogP contribution in [0.3, 0.4) is 0 Å². The van der Waals surface area contributed by atoms with Gasteiger partial charge in [0, 0.05) is 6.42 Å². The molecule has 0 aliphatic rings. The van der Waals surface area contributed by atoms with E-state index in [9.17, 15) is 32.3 Å². The van der Waals surface area contributed by atoms with Crippen LogP contribution in [0.25, 0.3) is 0 Å². The first-order valence-corrected chi connectivity index (χ1v) is 7.58. The van der Waals surface area contributed by atoms with Gasteiger partial charge in [-0.3, -0.25) is 4.79 Å². The summed E-state index contributed by atoms with van der Waals surface area (Å²) in [4.78, 5) is 23.3. The maximum atomic E-state index is 13.1. The van der Waals surface area contributed by atoms with Crippen molar-refractivity contribution < 1.29 is 32.3 Å². The van der Waals surface area contributed by atoms with Crippen LogP contribution in [0.5, 0.6) is 0 Å². The number of carboxylic acid groups (broad SMARTS) is 1. The molecule has 0 saturated heterocycles. The van der Waals surface area contributed by atoms with E-state index < -0.39 is 35.5 Å². The third kappa shape index (κ3) is 5.58. The molecule has 0 bridgehead atoms. The summed E-state index contributed by atoms with van der Waals surface area (Å²) in [6.45, 7) is 0. The van der Waals surface area contributed by atoms with Crippen molar-refractivity contribution in [3.05, 3.63) is 71.0 Å². The average Bonchev–Trinajstić information content (AvgIpc) is 2.53. The summed E-state index contributed by atoms with van der Waals surface area (Å²) in [6, 6.07) is 8.04. The van der Waals surface area contributed by atoms with Gasteiger partial charge in [-0.2, -0.15) is 13.2 Å². The number of carbonyl (C=O) groups excluding carboxylic acids is 1. The molecule has 1 atom stereocenters. The predicted octanol–water partition coefficient (Wildman–Crippen LogP) is 3.20. The Balaban J connectivity index is 2.02. The molecule has 0 aliphatic carbocycles. The molecule has 0 unspecified atom stereocenters. The third-order valence-electron chi connectivity index (χ3n) is 3.61. The number of nitrogens with one attached hydrogen (secondary N) is 1. The maximum absolute atomic E-state index is 13.1. The van der Waals surface area contributed by atoms with Crippen LogP contribution in [-0.2, 0) is 28.6 Å². The van der Waals surface area contributed by atoms with Gasteiger partial charge < -0.3 is 10.4 Å². The first kappa shape index (κ1) is 19.4. The Kier molecular flexibility index (Phi) is 5.97. The van der Waals surface area contributed by atoms with Crippen molar-refractivity contribution in [3.63, 3.8) is 0 Å². The van der Waals surface area contributed by atoms with Gasteiger partial charge in [-0.15, -0.1) is 0 Å². The maximum Gasteiger partial charge on any atom is 0.416 e. The van der Waals surface area contributed by atoms with E-state index in [2.05, 4.69) is 5.32 Å². The molecule has 0 aliphatic heterocycles. The minimum absolute atomic E-state index is 0.178. The first-order chi connectivity index (χ1) is 12.1. The van der Waals surface area contributed by atoms with Gasteiger partial charge in [0.15, 0.2) is 0 Å². The molecule has 0 fully saturated rings. The number of alkyl halides is 3. The van der Waals surface area contributed by atoms with Crippen molar-refractivity contribution >= 4 is 11.9 Å². The second-order valence-corrected chi connectivity index (χ2v) is 5.66. The molecule has 26 heavy (non-hydrogen) atoms.